The Morgan fingerprint density at radius 3 is 2.86 bits per heavy atom. The van der Waals surface area contributed by atoms with Crippen molar-refractivity contribution in [3.8, 4) is 0 Å². The van der Waals surface area contributed by atoms with Gasteiger partial charge in [-0.1, -0.05) is 6.42 Å². The molecule has 2 aliphatic rings. The van der Waals surface area contributed by atoms with Crippen molar-refractivity contribution in [2.75, 3.05) is 13.1 Å². The second kappa shape index (κ2) is 6.77. The van der Waals surface area contributed by atoms with Crippen LogP contribution in [0.1, 0.15) is 55.6 Å². The molecule has 1 aromatic rings. The largest absolute Gasteiger partial charge is 0.350 e. The predicted molar refractivity (Wildman–Crippen MR) is 85.5 cm³/mol. The number of thiazole rings is 1. The van der Waals surface area contributed by atoms with Crippen LogP contribution in [0.3, 0.4) is 0 Å². The van der Waals surface area contributed by atoms with E-state index < -0.39 is 0 Å². The zero-order valence-corrected chi connectivity index (χ0v) is 13.8. The van der Waals surface area contributed by atoms with Gasteiger partial charge in [-0.3, -0.25) is 9.59 Å². The maximum Gasteiger partial charge on any atom is 0.223 e. The lowest BCUT2D eigenvalue weighted by molar-refractivity contribution is -0.130. The van der Waals surface area contributed by atoms with Crippen molar-refractivity contribution < 1.29 is 9.59 Å². The summed E-state index contributed by atoms with van der Waals surface area (Å²) in [7, 11) is 0. The van der Waals surface area contributed by atoms with Crippen LogP contribution in [0.25, 0.3) is 0 Å². The molecule has 1 unspecified atom stereocenters. The van der Waals surface area contributed by atoms with E-state index in [4.69, 9.17) is 0 Å². The smallest absolute Gasteiger partial charge is 0.223 e. The Hall–Kier alpha value is -1.43. The molecule has 1 atom stereocenters. The number of nitrogens with zero attached hydrogens (tertiary/aromatic N) is 2. The number of amides is 2. The van der Waals surface area contributed by atoms with Gasteiger partial charge in [-0.2, -0.15) is 0 Å². The number of likely N-dealkylation sites (tertiary alicyclic amines) is 1. The van der Waals surface area contributed by atoms with Gasteiger partial charge in [0.15, 0.2) is 0 Å². The third-order valence-electron chi connectivity index (χ3n) is 4.71. The first-order valence-corrected chi connectivity index (χ1v) is 8.99. The average Bonchev–Trinajstić information content (AvgIpc) is 2.92. The minimum absolute atomic E-state index is 0.147. The number of nitrogens with one attached hydrogen (secondary N) is 1. The van der Waals surface area contributed by atoms with E-state index in [2.05, 4.69) is 10.3 Å². The van der Waals surface area contributed by atoms with Crippen molar-refractivity contribution in [1.82, 2.24) is 15.2 Å². The molecule has 2 fully saturated rings. The Morgan fingerprint density at radius 2 is 2.18 bits per heavy atom. The van der Waals surface area contributed by atoms with Crippen LogP contribution in [-0.2, 0) is 16.1 Å². The van der Waals surface area contributed by atoms with Crippen LogP contribution in [-0.4, -0.2) is 34.8 Å². The van der Waals surface area contributed by atoms with Gasteiger partial charge in [0, 0.05) is 37.2 Å². The van der Waals surface area contributed by atoms with Gasteiger partial charge < -0.3 is 10.2 Å². The molecule has 22 heavy (non-hydrogen) atoms. The fourth-order valence-electron chi connectivity index (χ4n) is 3.05. The minimum atomic E-state index is 0.147. The van der Waals surface area contributed by atoms with E-state index in [9.17, 15) is 9.59 Å². The molecule has 6 heteroatoms. The molecule has 1 saturated heterocycles. The molecule has 120 valence electrons. The van der Waals surface area contributed by atoms with Gasteiger partial charge in [-0.25, -0.2) is 4.98 Å². The molecular formula is C16H23N3O2S. The number of carbonyl (C=O) groups excluding carboxylic acids is 2. The quantitative estimate of drug-likeness (QED) is 0.925. The summed E-state index contributed by atoms with van der Waals surface area (Å²) in [6.45, 7) is 3.79. The fourth-order valence-corrected chi connectivity index (χ4v) is 4.00. The van der Waals surface area contributed by atoms with Gasteiger partial charge in [-0.05, 0) is 25.7 Å². The molecule has 1 aliphatic heterocycles. The van der Waals surface area contributed by atoms with Crippen LogP contribution < -0.4 is 5.32 Å². The zero-order valence-electron chi connectivity index (χ0n) is 13.0. The van der Waals surface area contributed by atoms with Crippen LogP contribution in [0.5, 0.6) is 0 Å². The first-order valence-electron chi connectivity index (χ1n) is 8.11. The summed E-state index contributed by atoms with van der Waals surface area (Å²) in [5, 5.41) is 6.11. The average molecular weight is 321 g/mol. The van der Waals surface area contributed by atoms with Crippen molar-refractivity contribution in [3.63, 3.8) is 0 Å². The van der Waals surface area contributed by atoms with Crippen molar-refractivity contribution >= 4 is 23.2 Å². The van der Waals surface area contributed by atoms with Gasteiger partial charge in [0.1, 0.15) is 0 Å². The van der Waals surface area contributed by atoms with Crippen molar-refractivity contribution in [1.29, 1.82) is 0 Å². The van der Waals surface area contributed by atoms with E-state index in [1.54, 1.807) is 18.3 Å². The summed E-state index contributed by atoms with van der Waals surface area (Å²) >= 11 is 1.65. The highest BCUT2D eigenvalue weighted by Crippen LogP contribution is 2.29. The standard InChI is InChI=1S/C16H23N3O2S/c1-11(20)19-7-3-6-13(9-19)16-18-14(10-22-16)8-17-15(21)12-4-2-5-12/h10,12-13H,2-9H2,1H3,(H,17,21). The Morgan fingerprint density at radius 1 is 1.36 bits per heavy atom. The molecule has 2 amide bonds. The molecule has 2 heterocycles. The van der Waals surface area contributed by atoms with E-state index in [-0.39, 0.29) is 17.7 Å². The maximum absolute atomic E-state index is 11.8. The normalized spacial score (nSPS) is 22.2. The number of carbonyl (C=O) groups is 2. The molecule has 1 saturated carbocycles. The highest BCUT2D eigenvalue weighted by atomic mass is 32.1. The summed E-state index contributed by atoms with van der Waals surface area (Å²) in [6.07, 6.45) is 5.35. The summed E-state index contributed by atoms with van der Waals surface area (Å²) in [5.41, 5.74) is 0.938. The van der Waals surface area contributed by atoms with Gasteiger partial charge in [-0.15, -0.1) is 11.3 Å². The van der Waals surface area contributed by atoms with Gasteiger partial charge in [0.2, 0.25) is 11.8 Å². The van der Waals surface area contributed by atoms with Crippen LogP contribution >= 0.6 is 11.3 Å². The molecule has 0 aromatic carbocycles. The molecule has 3 rings (SSSR count). The Labute approximate surface area is 135 Å². The minimum Gasteiger partial charge on any atom is -0.350 e. The first-order chi connectivity index (χ1) is 10.6. The van der Waals surface area contributed by atoms with E-state index in [0.717, 1.165) is 49.5 Å². The zero-order chi connectivity index (χ0) is 15.5. The second-order valence-electron chi connectivity index (χ2n) is 6.33. The van der Waals surface area contributed by atoms with E-state index in [1.807, 2.05) is 10.3 Å². The lowest BCUT2D eigenvalue weighted by Gasteiger charge is -2.30. The highest BCUT2D eigenvalue weighted by Gasteiger charge is 2.26. The Bertz CT molecular complexity index is 553. The molecule has 0 radical (unpaired) electrons. The predicted octanol–water partition coefficient (Wildman–Crippen LogP) is 2.29. The third-order valence-corrected chi connectivity index (χ3v) is 5.76. The second-order valence-corrected chi connectivity index (χ2v) is 7.22. The number of rotatable bonds is 4. The maximum atomic E-state index is 11.8. The monoisotopic (exact) mass is 321 g/mol. The summed E-state index contributed by atoms with van der Waals surface area (Å²) in [6, 6.07) is 0. The number of piperidine rings is 1. The lowest BCUT2D eigenvalue weighted by Crippen LogP contribution is -2.37. The van der Waals surface area contributed by atoms with Gasteiger partial charge in [0.05, 0.1) is 17.2 Å². The molecule has 5 nitrogen and oxygen atoms in total. The molecule has 1 aromatic heterocycles. The third kappa shape index (κ3) is 3.48. The van der Waals surface area contributed by atoms with Crippen LogP contribution in [0, 0.1) is 5.92 Å². The molecule has 1 N–H and O–H groups in total. The molecule has 0 bridgehead atoms. The number of aromatic nitrogens is 1. The van der Waals surface area contributed by atoms with E-state index in [0.29, 0.717) is 12.5 Å². The van der Waals surface area contributed by atoms with Crippen molar-refractivity contribution in [2.45, 2.75) is 51.5 Å². The van der Waals surface area contributed by atoms with Crippen LogP contribution in [0.2, 0.25) is 0 Å². The van der Waals surface area contributed by atoms with Gasteiger partial charge in [0.25, 0.3) is 0 Å². The SMILES string of the molecule is CC(=O)N1CCCC(c2nc(CNC(=O)C3CCC3)cs2)C1. The summed E-state index contributed by atoms with van der Waals surface area (Å²) in [5.74, 6) is 0.884. The highest BCUT2D eigenvalue weighted by molar-refractivity contribution is 7.09. The number of hydrogen-bond acceptors (Lipinski definition) is 4. The van der Waals surface area contributed by atoms with E-state index >= 15 is 0 Å². The van der Waals surface area contributed by atoms with Gasteiger partial charge >= 0.3 is 0 Å². The van der Waals surface area contributed by atoms with E-state index in [1.165, 1.54) is 6.42 Å². The summed E-state index contributed by atoms with van der Waals surface area (Å²) < 4.78 is 0. The van der Waals surface area contributed by atoms with Crippen LogP contribution in [0.15, 0.2) is 5.38 Å². The van der Waals surface area contributed by atoms with Crippen molar-refractivity contribution in [3.05, 3.63) is 16.1 Å². The molecule has 0 spiro atoms. The first kappa shape index (κ1) is 15.5. The van der Waals surface area contributed by atoms with Crippen LogP contribution in [0.4, 0.5) is 0 Å². The topological polar surface area (TPSA) is 62.3 Å². The molecule has 1 aliphatic carbocycles. The number of hydrogen-bond donors (Lipinski definition) is 1. The Kier molecular flexibility index (Phi) is 4.76. The fraction of sp³-hybridized carbons (Fsp3) is 0.688. The Balaban J connectivity index is 1.54. The van der Waals surface area contributed by atoms with Crippen molar-refractivity contribution in [2.24, 2.45) is 5.92 Å². The molecular weight excluding hydrogens is 298 g/mol. The summed E-state index contributed by atoms with van der Waals surface area (Å²) in [4.78, 5) is 29.9. The lowest BCUT2D eigenvalue weighted by atomic mass is 9.85.